The molecule has 0 aliphatic carbocycles. The summed E-state index contributed by atoms with van der Waals surface area (Å²) < 4.78 is 152. The van der Waals surface area contributed by atoms with E-state index in [0.29, 0.717) is 0 Å². The molecule has 0 saturated carbocycles. The summed E-state index contributed by atoms with van der Waals surface area (Å²) in [5.41, 5.74) is -12.0. The maximum atomic E-state index is 12.6. The molecule has 2 unspecified atom stereocenters. The van der Waals surface area contributed by atoms with Crippen LogP contribution >= 0.6 is 0 Å². The van der Waals surface area contributed by atoms with Crippen LogP contribution in [-0.2, 0) is 39.9 Å². The van der Waals surface area contributed by atoms with E-state index in [2.05, 4.69) is 11.7 Å². The fraction of sp³-hybridized carbons (Fsp3) is 1.00. The van der Waals surface area contributed by atoms with Crippen LogP contribution in [0.3, 0.4) is 0 Å². The average molecular weight is 519 g/mol. The molecule has 2 atom stereocenters. The zero-order valence-corrected chi connectivity index (χ0v) is 18.2. The summed E-state index contributed by atoms with van der Waals surface area (Å²) in [4.78, 5) is 0. The molecule has 0 heterocycles. The van der Waals surface area contributed by atoms with Gasteiger partial charge in [0, 0.05) is 11.5 Å². The largest absolute Gasteiger partial charge is 0.519 e. The molecule has 0 spiro atoms. The van der Waals surface area contributed by atoms with E-state index in [4.69, 9.17) is 0 Å². The third-order valence-electron chi connectivity index (χ3n) is 2.77. The van der Waals surface area contributed by atoms with E-state index in [1.807, 2.05) is 0 Å². The van der Waals surface area contributed by atoms with Crippen molar-refractivity contribution >= 4 is 39.9 Å². The molecule has 0 aliphatic rings. The Morgan fingerprint density at radius 2 is 0.931 bits per heavy atom. The fourth-order valence-corrected chi connectivity index (χ4v) is 9.23. The Morgan fingerprint density at radius 3 is 1.14 bits per heavy atom. The predicted molar refractivity (Wildman–Crippen MR) is 94.0 cm³/mol. The van der Waals surface area contributed by atoms with E-state index in [-0.39, 0.29) is 25.7 Å². The molecule has 0 N–H and O–H groups in total. The molecular formula is C10H18F6N3O6S4-. The lowest BCUT2D eigenvalue weighted by Crippen LogP contribution is -2.25. The Kier molecular flexibility index (Phi) is 9.43. The second kappa shape index (κ2) is 9.65. The van der Waals surface area contributed by atoms with Gasteiger partial charge < -0.3 is 4.13 Å². The van der Waals surface area contributed by atoms with Crippen LogP contribution in [0.25, 0.3) is 4.13 Å². The van der Waals surface area contributed by atoms with Crippen LogP contribution in [0.15, 0.2) is 7.54 Å². The van der Waals surface area contributed by atoms with E-state index in [1.165, 1.54) is 13.8 Å². The Hall–Kier alpha value is -0.660. The maximum absolute atomic E-state index is 12.6. The lowest BCUT2D eigenvalue weighted by molar-refractivity contribution is -0.0440. The minimum atomic E-state index is -6.43. The van der Waals surface area contributed by atoms with Crippen LogP contribution in [0.4, 0.5) is 26.3 Å². The van der Waals surface area contributed by atoms with Gasteiger partial charge in [0.15, 0.2) is 0 Å². The molecule has 29 heavy (non-hydrogen) atoms. The van der Waals surface area contributed by atoms with Crippen molar-refractivity contribution in [1.29, 1.82) is 0 Å². The van der Waals surface area contributed by atoms with Gasteiger partial charge in [-0.2, -0.15) is 43.2 Å². The van der Waals surface area contributed by atoms with Crippen LogP contribution in [0.5, 0.6) is 0 Å². The second-order valence-electron chi connectivity index (χ2n) is 5.39. The quantitative estimate of drug-likeness (QED) is 0.406. The van der Waals surface area contributed by atoms with Crippen molar-refractivity contribution < 1.29 is 51.6 Å². The summed E-state index contributed by atoms with van der Waals surface area (Å²) in [6.45, 7) is 2.87. The Bertz CT molecular complexity index is 933. The van der Waals surface area contributed by atoms with Crippen molar-refractivity contribution in [2.45, 2.75) is 50.5 Å². The summed E-state index contributed by atoms with van der Waals surface area (Å²) in [6.07, 6.45) is -0.312. The van der Waals surface area contributed by atoms with Crippen LogP contribution < -0.4 is 0 Å². The number of hydrogen-bond acceptors (Lipinski definition) is 6. The number of sulfonamides is 2. The van der Waals surface area contributed by atoms with Crippen LogP contribution in [-0.4, -0.2) is 47.8 Å². The van der Waals surface area contributed by atoms with Crippen LogP contribution in [0.1, 0.15) is 39.5 Å². The van der Waals surface area contributed by atoms with Gasteiger partial charge in [0.05, 0.1) is 0 Å². The van der Waals surface area contributed by atoms with Gasteiger partial charge in [0.2, 0.25) is 0 Å². The molecule has 0 radical (unpaired) electrons. The standard InChI is InChI=1S/C10H18F6N3O6S4/c1-3-5-7-26(20,18-28(22,23)9(11,12)13)17-27(21,8-6-4-2)19-29(24,25)10(14,15)16/h3-8H2,1-2H3/q-1. The van der Waals surface area contributed by atoms with Crippen LogP contribution in [0.2, 0.25) is 0 Å². The molecule has 0 aromatic heterocycles. The molecule has 0 rings (SSSR count). The predicted octanol–water partition coefficient (Wildman–Crippen LogP) is 3.43. The SMILES string of the molecule is CCCCS(=O)(=NS(=O)(=O)C(F)(F)F)[N-]S(=O)(CCCC)=NS(=O)(=O)C(F)(F)F. The fourth-order valence-electron chi connectivity index (χ4n) is 1.41. The van der Waals surface area contributed by atoms with Crippen LogP contribution in [0, 0.1) is 0 Å². The van der Waals surface area contributed by atoms with Gasteiger partial charge in [-0.1, -0.05) is 26.7 Å². The summed E-state index contributed by atoms with van der Waals surface area (Å²) >= 11 is 0. The molecule has 0 saturated heterocycles. The van der Waals surface area contributed by atoms with Gasteiger partial charge in [-0.25, -0.2) is 0 Å². The zero-order chi connectivity index (χ0) is 23.4. The number of alkyl halides is 6. The van der Waals surface area contributed by atoms with Crippen molar-refractivity contribution in [2.24, 2.45) is 7.54 Å². The number of hydrogen-bond donors (Lipinski definition) is 0. The number of halogens is 6. The molecule has 0 fully saturated rings. The van der Waals surface area contributed by atoms with Gasteiger partial charge in [0.1, 0.15) is 0 Å². The van der Waals surface area contributed by atoms with Crippen molar-refractivity contribution in [2.75, 3.05) is 11.5 Å². The first-order valence-electron chi connectivity index (χ1n) is 7.63. The van der Waals surface area contributed by atoms with Gasteiger partial charge in [-0.05, 0) is 32.7 Å². The molecular weight excluding hydrogens is 500 g/mol. The molecule has 0 bridgehead atoms. The Balaban J connectivity index is 6.76. The third-order valence-corrected chi connectivity index (χ3v) is 10.9. The summed E-state index contributed by atoms with van der Waals surface area (Å²) in [5.74, 6) is -2.05. The van der Waals surface area contributed by atoms with Crippen molar-refractivity contribution in [3.63, 3.8) is 0 Å². The summed E-state index contributed by atoms with van der Waals surface area (Å²) in [5, 5.41) is 0. The lowest BCUT2D eigenvalue weighted by atomic mass is 10.4. The monoisotopic (exact) mass is 518 g/mol. The first-order valence-corrected chi connectivity index (χ1v) is 13.8. The van der Waals surface area contributed by atoms with E-state index in [1.54, 1.807) is 0 Å². The summed E-state index contributed by atoms with van der Waals surface area (Å²) in [6, 6.07) is 0. The van der Waals surface area contributed by atoms with Crippen molar-refractivity contribution in [1.82, 2.24) is 0 Å². The molecule has 0 aliphatic heterocycles. The Labute approximate surface area is 165 Å². The Morgan fingerprint density at radius 1 is 0.655 bits per heavy atom. The van der Waals surface area contributed by atoms with E-state index in [0.717, 1.165) is 0 Å². The minimum absolute atomic E-state index is 0.113. The number of unbranched alkanes of at least 4 members (excludes halogenated alkanes) is 2. The average Bonchev–Trinajstić information content (AvgIpc) is 2.47. The highest BCUT2D eigenvalue weighted by Gasteiger charge is 2.47. The van der Waals surface area contributed by atoms with Gasteiger partial charge in [0.25, 0.3) is 0 Å². The molecule has 19 heteroatoms. The first kappa shape index (κ1) is 28.3. The third kappa shape index (κ3) is 8.54. The van der Waals surface area contributed by atoms with E-state index >= 15 is 0 Å². The highest BCUT2D eigenvalue weighted by Crippen LogP contribution is 2.31. The second-order valence-corrected chi connectivity index (χ2v) is 13.3. The first-order chi connectivity index (χ1) is 12.7. The highest BCUT2D eigenvalue weighted by molar-refractivity contribution is 8.18. The molecule has 9 nitrogen and oxygen atoms in total. The van der Waals surface area contributed by atoms with Gasteiger partial charge in [-0.3, -0.25) is 8.42 Å². The smallest absolute Gasteiger partial charge is 0.470 e. The number of nitrogens with zero attached hydrogens (tertiary/aromatic N) is 3. The molecule has 0 amide bonds. The van der Waals surface area contributed by atoms with Crippen molar-refractivity contribution in [3.8, 4) is 0 Å². The van der Waals surface area contributed by atoms with Crippen molar-refractivity contribution in [3.05, 3.63) is 4.13 Å². The summed E-state index contributed by atoms with van der Waals surface area (Å²) in [7, 11) is -22.8. The lowest BCUT2D eigenvalue weighted by Gasteiger charge is -2.28. The minimum Gasteiger partial charge on any atom is -0.470 e. The molecule has 0 aromatic rings. The highest BCUT2D eigenvalue weighted by atomic mass is 32.3. The molecule has 0 aromatic carbocycles. The molecule has 176 valence electrons. The number of rotatable bonds is 10. The van der Waals surface area contributed by atoms with Gasteiger partial charge >= 0.3 is 31.1 Å². The van der Waals surface area contributed by atoms with E-state index in [9.17, 15) is 51.6 Å². The normalized spacial score (nSPS) is 17.9. The topological polar surface area (TPSA) is 141 Å². The van der Waals surface area contributed by atoms with Gasteiger partial charge in [-0.15, -0.1) is 7.54 Å². The van der Waals surface area contributed by atoms with E-state index < -0.39 is 62.4 Å². The maximum Gasteiger partial charge on any atom is 0.519 e. The zero-order valence-electron chi connectivity index (χ0n) is 14.9.